The largest absolute Gasteiger partial charge is 0.361 e. The highest BCUT2D eigenvalue weighted by molar-refractivity contribution is 5.90. The van der Waals surface area contributed by atoms with Gasteiger partial charge in [0.05, 0.1) is 23.6 Å². The number of nitrogens with zero attached hydrogens (tertiary/aromatic N) is 6. The number of amides is 1. The molecule has 3 heterocycles. The van der Waals surface area contributed by atoms with Crippen molar-refractivity contribution in [3.05, 3.63) is 60.0 Å². The molecule has 160 valence electrons. The molecule has 4 rings (SSSR count). The highest BCUT2D eigenvalue weighted by Crippen LogP contribution is 2.25. The van der Waals surface area contributed by atoms with Gasteiger partial charge in [-0.3, -0.25) is 4.79 Å². The van der Waals surface area contributed by atoms with E-state index in [4.69, 9.17) is 9.51 Å². The second kappa shape index (κ2) is 7.82. The number of fused-ring (bicyclic) bond motifs is 1. The average molecular weight is 419 g/mol. The van der Waals surface area contributed by atoms with E-state index in [0.717, 1.165) is 28.2 Å². The minimum Gasteiger partial charge on any atom is -0.361 e. The molecule has 9 nitrogen and oxygen atoms in total. The van der Waals surface area contributed by atoms with Crippen LogP contribution in [0, 0.1) is 0 Å². The lowest BCUT2D eigenvalue weighted by molar-refractivity contribution is 0.0937. The van der Waals surface area contributed by atoms with Gasteiger partial charge in [0.1, 0.15) is 5.82 Å². The predicted octanol–water partition coefficient (Wildman–Crippen LogP) is 3.07. The third kappa shape index (κ3) is 4.25. The lowest BCUT2D eigenvalue weighted by Gasteiger charge is -2.14. The third-order valence-corrected chi connectivity index (χ3v) is 4.79. The van der Waals surface area contributed by atoms with Crippen LogP contribution in [0.2, 0.25) is 0 Å². The first-order valence-electron chi connectivity index (χ1n) is 9.96. The van der Waals surface area contributed by atoms with Crippen LogP contribution in [0.1, 0.15) is 42.8 Å². The molecular formula is C22H25N7O2. The minimum absolute atomic E-state index is 0.0365. The summed E-state index contributed by atoms with van der Waals surface area (Å²) in [5, 5.41) is 10.9. The molecule has 0 unspecified atom stereocenters. The van der Waals surface area contributed by atoms with Crippen molar-refractivity contribution < 1.29 is 9.32 Å². The molecule has 0 spiro atoms. The van der Waals surface area contributed by atoms with Crippen LogP contribution in [0.3, 0.4) is 0 Å². The van der Waals surface area contributed by atoms with Crippen molar-refractivity contribution in [1.82, 2.24) is 30.1 Å². The van der Waals surface area contributed by atoms with E-state index in [9.17, 15) is 4.79 Å². The molecule has 0 aliphatic carbocycles. The number of anilines is 1. The summed E-state index contributed by atoms with van der Waals surface area (Å²) in [6.45, 7) is 6.20. The first kappa shape index (κ1) is 20.5. The molecule has 3 aromatic heterocycles. The van der Waals surface area contributed by atoms with Crippen LogP contribution in [-0.2, 0) is 12.0 Å². The fraction of sp³-hybridized carbons (Fsp3) is 0.318. The van der Waals surface area contributed by atoms with Crippen LogP contribution >= 0.6 is 0 Å². The maximum atomic E-state index is 12.3. The molecule has 1 amide bonds. The SMILES string of the molecule is CN(C)c1cn2nccc2c(-c2ccc(CNC(=O)c3noc(C(C)(C)C)n3)cc2)n1. The van der Waals surface area contributed by atoms with Gasteiger partial charge in [0.25, 0.3) is 11.7 Å². The van der Waals surface area contributed by atoms with Crippen molar-refractivity contribution in [3.63, 3.8) is 0 Å². The van der Waals surface area contributed by atoms with Gasteiger partial charge in [-0.25, -0.2) is 9.50 Å². The minimum atomic E-state index is -0.371. The molecule has 0 aliphatic rings. The van der Waals surface area contributed by atoms with E-state index in [2.05, 4.69) is 20.6 Å². The van der Waals surface area contributed by atoms with Gasteiger partial charge in [0, 0.05) is 31.6 Å². The number of aromatic nitrogens is 5. The molecular weight excluding hydrogens is 394 g/mol. The van der Waals surface area contributed by atoms with Crippen molar-refractivity contribution in [2.75, 3.05) is 19.0 Å². The third-order valence-electron chi connectivity index (χ3n) is 4.79. The lowest BCUT2D eigenvalue weighted by atomic mass is 9.97. The van der Waals surface area contributed by atoms with Gasteiger partial charge in [-0.1, -0.05) is 50.2 Å². The van der Waals surface area contributed by atoms with Gasteiger partial charge in [-0.15, -0.1) is 0 Å². The summed E-state index contributed by atoms with van der Waals surface area (Å²) in [5.74, 6) is 0.914. The van der Waals surface area contributed by atoms with Crippen molar-refractivity contribution >= 4 is 17.2 Å². The molecule has 0 saturated heterocycles. The Morgan fingerprint density at radius 2 is 1.87 bits per heavy atom. The standard InChI is InChI=1S/C22H25N7O2/c1-22(2,3)21-26-19(27-31-21)20(30)23-12-14-6-8-15(9-7-14)18-16-10-11-24-29(16)13-17(25-18)28(4)5/h6-11,13H,12H2,1-5H3,(H,23,30). The van der Waals surface area contributed by atoms with E-state index >= 15 is 0 Å². The Kier molecular flexibility index (Phi) is 5.18. The Bertz CT molecular complexity index is 1220. The molecule has 0 radical (unpaired) electrons. The van der Waals surface area contributed by atoms with Gasteiger partial charge in [-0.05, 0) is 11.6 Å². The monoisotopic (exact) mass is 419 g/mol. The second-order valence-electron chi connectivity index (χ2n) is 8.56. The lowest BCUT2D eigenvalue weighted by Crippen LogP contribution is -2.24. The predicted molar refractivity (Wildman–Crippen MR) is 117 cm³/mol. The van der Waals surface area contributed by atoms with E-state index in [1.807, 2.05) is 80.8 Å². The van der Waals surface area contributed by atoms with Gasteiger partial charge in [-0.2, -0.15) is 10.1 Å². The summed E-state index contributed by atoms with van der Waals surface area (Å²) < 4.78 is 7.00. The van der Waals surface area contributed by atoms with Crippen molar-refractivity contribution in [2.24, 2.45) is 0 Å². The van der Waals surface area contributed by atoms with Crippen LogP contribution in [-0.4, -0.2) is 44.7 Å². The molecule has 0 fully saturated rings. The molecule has 0 bridgehead atoms. The van der Waals surface area contributed by atoms with Crippen LogP contribution in [0.15, 0.2) is 47.2 Å². The molecule has 4 aromatic rings. The maximum absolute atomic E-state index is 12.3. The molecule has 31 heavy (non-hydrogen) atoms. The Morgan fingerprint density at radius 1 is 1.13 bits per heavy atom. The molecule has 1 aromatic carbocycles. The number of nitrogens with one attached hydrogen (secondary N) is 1. The maximum Gasteiger partial charge on any atom is 0.292 e. The van der Waals surface area contributed by atoms with E-state index in [1.165, 1.54) is 0 Å². The van der Waals surface area contributed by atoms with Crippen LogP contribution in [0.25, 0.3) is 16.8 Å². The molecule has 0 saturated carbocycles. The molecule has 9 heteroatoms. The topological polar surface area (TPSA) is 101 Å². The second-order valence-corrected chi connectivity index (χ2v) is 8.56. The number of hydrogen-bond donors (Lipinski definition) is 1. The van der Waals surface area contributed by atoms with Gasteiger partial charge in [0.15, 0.2) is 0 Å². The van der Waals surface area contributed by atoms with Gasteiger partial charge >= 0.3 is 0 Å². The zero-order valence-corrected chi connectivity index (χ0v) is 18.2. The number of hydrogen-bond acceptors (Lipinski definition) is 7. The fourth-order valence-corrected chi connectivity index (χ4v) is 3.00. The summed E-state index contributed by atoms with van der Waals surface area (Å²) in [4.78, 5) is 23.2. The van der Waals surface area contributed by atoms with Gasteiger partial charge in [0.2, 0.25) is 5.89 Å². The average Bonchev–Trinajstić information content (AvgIpc) is 3.41. The van der Waals surface area contributed by atoms with E-state index < -0.39 is 0 Å². The summed E-state index contributed by atoms with van der Waals surface area (Å²) in [6.07, 6.45) is 3.65. The van der Waals surface area contributed by atoms with Crippen LogP contribution in [0.5, 0.6) is 0 Å². The molecule has 0 atom stereocenters. The van der Waals surface area contributed by atoms with Gasteiger partial charge < -0.3 is 14.7 Å². The number of carbonyl (C=O) groups is 1. The molecule has 1 N–H and O–H groups in total. The Hall–Kier alpha value is -3.75. The summed E-state index contributed by atoms with van der Waals surface area (Å²) >= 11 is 0. The number of benzene rings is 1. The number of rotatable bonds is 5. The van der Waals surface area contributed by atoms with E-state index in [0.29, 0.717) is 12.4 Å². The highest BCUT2D eigenvalue weighted by Gasteiger charge is 2.24. The summed E-state index contributed by atoms with van der Waals surface area (Å²) in [5.41, 5.74) is 3.39. The zero-order chi connectivity index (χ0) is 22.2. The van der Waals surface area contributed by atoms with Crippen molar-refractivity contribution in [3.8, 4) is 11.3 Å². The van der Waals surface area contributed by atoms with Crippen LogP contribution in [0.4, 0.5) is 5.82 Å². The quantitative estimate of drug-likeness (QED) is 0.530. The first-order valence-corrected chi connectivity index (χ1v) is 9.96. The number of carbonyl (C=O) groups excluding carboxylic acids is 1. The van der Waals surface area contributed by atoms with E-state index in [-0.39, 0.29) is 17.1 Å². The highest BCUT2D eigenvalue weighted by atomic mass is 16.5. The summed E-state index contributed by atoms with van der Waals surface area (Å²) in [6, 6.07) is 9.84. The molecule has 0 aliphatic heterocycles. The first-order chi connectivity index (χ1) is 14.7. The van der Waals surface area contributed by atoms with Crippen molar-refractivity contribution in [2.45, 2.75) is 32.7 Å². The Balaban J connectivity index is 1.49. The van der Waals surface area contributed by atoms with E-state index in [1.54, 1.807) is 6.20 Å². The normalized spacial score (nSPS) is 11.6. The Morgan fingerprint density at radius 3 is 2.52 bits per heavy atom. The summed E-state index contributed by atoms with van der Waals surface area (Å²) in [7, 11) is 3.89. The smallest absolute Gasteiger partial charge is 0.292 e. The Labute approximate surface area is 180 Å². The van der Waals surface area contributed by atoms with Crippen molar-refractivity contribution in [1.29, 1.82) is 0 Å². The van der Waals surface area contributed by atoms with Crippen LogP contribution < -0.4 is 10.2 Å². The fourth-order valence-electron chi connectivity index (χ4n) is 3.00. The zero-order valence-electron chi connectivity index (χ0n) is 18.2.